The molecule has 6 rings (SSSR count). The number of carbonyl (C=O) groups is 2. The van der Waals surface area contributed by atoms with Gasteiger partial charge in [0.1, 0.15) is 17.6 Å². The van der Waals surface area contributed by atoms with Crippen LogP contribution in [0.3, 0.4) is 0 Å². The van der Waals surface area contributed by atoms with Crippen LogP contribution in [0.5, 0.6) is 5.75 Å². The molecule has 3 aliphatic rings. The van der Waals surface area contributed by atoms with Crippen LogP contribution in [0.2, 0.25) is 10.0 Å². The standard InChI is InChI=1S/C36H42Cl2N6O6S/c1-4-50-31-23-29(51(47,48)40(2)3)13-14-30(31)35-39-33(25-5-9-27(37)10-6-25)34(26-7-11-28(38)12-8-26)44(35)36(46)43-17-15-41(16-18-43)24-32(45)42-19-21-49-22-20-42/h5-14,23,33-34H,4,15-22,24H2,1-3H3/t33-,34+/m0/s1. The molecule has 2 atom stereocenters. The van der Waals surface area contributed by atoms with Gasteiger partial charge in [-0.05, 0) is 54.4 Å². The molecule has 272 valence electrons. The number of nitrogens with zero attached hydrogens (tertiary/aromatic N) is 6. The number of sulfonamides is 1. The van der Waals surface area contributed by atoms with E-state index < -0.39 is 22.1 Å². The van der Waals surface area contributed by atoms with Gasteiger partial charge in [0.05, 0.1) is 42.9 Å². The van der Waals surface area contributed by atoms with E-state index in [4.69, 9.17) is 37.7 Å². The zero-order valence-electron chi connectivity index (χ0n) is 28.9. The van der Waals surface area contributed by atoms with Crippen LogP contribution in [-0.4, -0.2) is 130 Å². The van der Waals surface area contributed by atoms with Gasteiger partial charge in [-0.1, -0.05) is 47.5 Å². The van der Waals surface area contributed by atoms with Crippen molar-refractivity contribution in [3.8, 4) is 5.75 Å². The number of amidine groups is 1. The number of piperazine rings is 1. The lowest BCUT2D eigenvalue weighted by atomic mass is 9.93. The molecule has 12 nitrogen and oxygen atoms in total. The van der Waals surface area contributed by atoms with E-state index in [1.807, 2.05) is 36.1 Å². The second-order valence-corrected chi connectivity index (χ2v) is 15.8. The maximum Gasteiger partial charge on any atom is 0.326 e. The maximum absolute atomic E-state index is 14.9. The molecule has 51 heavy (non-hydrogen) atoms. The number of halogens is 2. The van der Waals surface area contributed by atoms with Gasteiger partial charge < -0.3 is 19.3 Å². The van der Waals surface area contributed by atoms with Crippen molar-refractivity contribution in [2.75, 3.05) is 79.7 Å². The fourth-order valence-corrected chi connectivity index (χ4v) is 7.71. The summed E-state index contributed by atoms with van der Waals surface area (Å²) < 4.78 is 38.8. The van der Waals surface area contributed by atoms with Gasteiger partial charge in [0.25, 0.3) is 0 Å². The van der Waals surface area contributed by atoms with Crippen molar-refractivity contribution in [1.82, 2.24) is 23.9 Å². The van der Waals surface area contributed by atoms with Crippen LogP contribution in [0, 0.1) is 0 Å². The Morgan fingerprint density at radius 1 is 0.863 bits per heavy atom. The third-order valence-electron chi connectivity index (χ3n) is 9.33. The predicted molar refractivity (Wildman–Crippen MR) is 196 cm³/mol. The molecular weight excluding hydrogens is 715 g/mol. The quantitative estimate of drug-likeness (QED) is 0.309. The SMILES string of the molecule is CCOc1cc(S(=O)(=O)N(C)C)ccc1C1=N[C@@H](c2ccc(Cl)cc2)[C@@H](c2ccc(Cl)cc2)N1C(=O)N1CCN(CC(=O)N2CCOCC2)CC1. The molecule has 0 N–H and O–H groups in total. The molecule has 0 aromatic heterocycles. The topological polar surface area (TPSA) is 115 Å². The molecule has 0 bridgehead atoms. The first-order chi connectivity index (χ1) is 24.5. The summed E-state index contributed by atoms with van der Waals surface area (Å²) in [7, 11) is -0.842. The predicted octanol–water partition coefficient (Wildman–Crippen LogP) is 4.78. The Bertz CT molecular complexity index is 1860. The van der Waals surface area contributed by atoms with Crippen LogP contribution in [0.4, 0.5) is 4.79 Å². The molecule has 15 heteroatoms. The van der Waals surface area contributed by atoms with Crippen LogP contribution >= 0.6 is 23.2 Å². The van der Waals surface area contributed by atoms with Crippen LogP contribution in [-0.2, 0) is 19.6 Å². The summed E-state index contributed by atoms with van der Waals surface area (Å²) in [6.07, 6.45) is 0. The smallest absolute Gasteiger partial charge is 0.326 e. The van der Waals surface area contributed by atoms with Crippen molar-refractivity contribution in [3.63, 3.8) is 0 Å². The summed E-state index contributed by atoms with van der Waals surface area (Å²) in [6, 6.07) is 18.0. The summed E-state index contributed by atoms with van der Waals surface area (Å²) in [6.45, 7) is 6.44. The highest BCUT2D eigenvalue weighted by Gasteiger charge is 2.45. The highest BCUT2D eigenvalue weighted by molar-refractivity contribution is 7.89. The number of aliphatic imine (C=N–C) groups is 1. The molecule has 3 aromatic rings. The summed E-state index contributed by atoms with van der Waals surface area (Å²) in [4.78, 5) is 40.5. The molecule has 3 aromatic carbocycles. The van der Waals surface area contributed by atoms with Gasteiger partial charge in [-0.2, -0.15) is 0 Å². The number of hydrogen-bond acceptors (Lipinski definition) is 8. The first-order valence-corrected chi connectivity index (χ1v) is 19.1. The lowest BCUT2D eigenvalue weighted by Gasteiger charge is -2.39. The average Bonchev–Trinajstić information content (AvgIpc) is 3.53. The summed E-state index contributed by atoms with van der Waals surface area (Å²) in [5.41, 5.74) is 2.13. The number of rotatable bonds is 9. The Morgan fingerprint density at radius 3 is 2.06 bits per heavy atom. The third kappa shape index (κ3) is 8.03. The van der Waals surface area contributed by atoms with Gasteiger partial charge in [0, 0.05) is 69.5 Å². The molecule has 2 saturated heterocycles. The van der Waals surface area contributed by atoms with Crippen molar-refractivity contribution in [2.24, 2.45) is 4.99 Å². The number of hydrogen-bond donors (Lipinski definition) is 0. The fraction of sp³-hybridized carbons (Fsp3) is 0.417. The summed E-state index contributed by atoms with van der Waals surface area (Å²) in [5.74, 6) is 0.695. The van der Waals surface area contributed by atoms with Crippen molar-refractivity contribution >= 4 is 51.0 Å². The van der Waals surface area contributed by atoms with Crippen molar-refractivity contribution in [2.45, 2.75) is 23.9 Å². The second-order valence-electron chi connectivity index (χ2n) is 12.7. The molecule has 0 saturated carbocycles. The molecule has 0 spiro atoms. The first kappa shape index (κ1) is 37.1. The van der Waals surface area contributed by atoms with E-state index in [1.54, 1.807) is 40.1 Å². The minimum Gasteiger partial charge on any atom is -0.493 e. The number of urea groups is 1. The first-order valence-electron chi connectivity index (χ1n) is 16.9. The zero-order chi connectivity index (χ0) is 36.3. The Morgan fingerprint density at radius 2 is 1.47 bits per heavy atom. The van der Waals surface area contributed by atoms with Gasteiger partial charge in [0.15, 0.2) is 0 Å². The molecule has 0 aliphatic carbocycles. The Kier molecular flexibility index (Phi) is 11.5. The van der Waals surface area contributed by atoms with Crippen molar-refractivity contribution in [1.29, 1.82) is 0 Å². The van der Waals surface area contributed by atoms with E-state index in [9.17, 15) is 18.0 Å². The normalized spacial score (nSPS) is 20.1. The molecule has 0 unspecified atom stereocenters. The van der Waals surface area contributed by atoms with Gasteiger partial charge in [-0.25, -0.2) is 17.5 Å². The van der Waals surface area contributed by atoms with Crippen LogP contribution in [0.25, 0.3) is 0 Å². The van der Waals surface area contributed by atoms with Crippen LogP contribution < -0.4 is 4.74 Å². The van der Waals surface area contributed by atoms with Gasteiger partial charge in [-0.15, -0.1) is 0 Å². The zero-order valence-corrected chi connectivity index (χ0v) is 31.2. The van der Waals surface area contributed by atoms with Crippen LogP contribution in [0.1, 0.15) is 35.7 Å². The Labute approximate surface area is 309 Å². The van der Waals surface area contributed by atoms with E-state index in [0.717, 1.165) is 15.4 Å². The summed E-state index contributed by atoms with van der Waals surface area (Å²) in [5, 5.41) is 1.12. The highest BCUT2D eigenvalue weighted by atomic mass is 35.5. The minimum atomic E-state index is -3.78. The van der Waals surface area contributed by atoms with Gasteiger partial charge in [-0.3, -0.25) is 19.6 Å². The van der Waals surface area contributed by atoms with E-state index >= 15 is 0 Å². The minimum absolute atomic E-state index is 0.0578. The molecule has 2 fully saturated rings. The largest absolute Gasteiger partial charge is 0.493 e. The van der Waals surface area contributed by atoms with Crippen molar-refractivity contribution in [3.05, 3.63) is 93.5 Å². The highest BCUT2D eigenvalue weighted by Crippen LogP contribution is 2.45. The number of benzene rings is 3. The Hall–Kier alpha value is -3.72. The molecular formula is C36H42Cl2N6O6S. The van der Waals surface area contributed by atoms with Crippen LogP contribution in [0.15, 0.2) is 76.6 Å². The Balaban J connectivity index is 1.39. The van der Waals surface area contributed by atoms with E-state index in [0.29, 0.717) is 73.9 Å². The van der Waals surface area contributed by atoms with E-state index in [-0.39, 0.29) is 35.7 Å². The van der Waals surface area contributed by atoms with Gasteiger partial charge >= 0.3 is 6.03 Å². The molecule has 3 aliphatic heterocycles. The van der Waals surface area contributed by atoms with Gasteiger partial charge in [0.2, 0.25) is 15.9 Å². The number of amides is 3. The van der Waals surface area contributed by atoms with E-state index in [1.165, 1.54) is 26.2 Å². The molecule has 3 amide bonds. The molecule has 3 heterocycles. The third-order valence-corrected chi connectivity index (χ3v) is 11.6. The number of morpholine rings is 1. The lowest BCUT2D eigenvalue weighted by molar-refractivity contribution is -0.136. The fourth-order valence-electron chi connectivity index (χ4n) is 6.54. The second kappa shape index (κ2) is 15.9. The van der Waals surface area contributed by atoms with E-state index in [2.05, 4.69) is 4.90 Å². The number of carbonyl (C=O) groups excluding carboxylic acids is 2. The average molecular weight is 758 g/mol. The summed E-state index contributed by atoms with van der Waals surface area (Å²) >= 11 is 12.6. The lowest BCUT2D eigenvalue weighted by Crippen LogP contribution is -2.56. The number of ether oxygens (including phenoxy) is 2. The maximum atomic E-state index is 14.9. The van der Waals surface area contributed by atoms with Crippen molar-refractivity contribution < 1.29 is 27.5 Å². The molecule has 0 radical (unpaired) electrons. The monoisotopic (exact) mass is 756 g/mol.